The van der Waals surface area contributed by atoms with Crippen LogP contribution < -0.4 is 0 Å². The van der Waals surface area contributed by atoms with E-state index < -0.39 is 17.0 Å². The van der Waals surface area contributed by atoms with Gasteiger partial charge in [0, 0.05) is 5.41 Å². The van der Waals surface area contributed by atoms with Gasteiger partial charge in [0.2, 0.25) is 0 Å². The van der Waals surface area contributed by atoms with E-state index >= 15 is 0 Å². The molecule has 0 radical (unpaired) electrons. The standard InChI is InChI=1S/C12H13F3/c1-9-3-4-11(12(13,14)15)6-5-10(2,7-9)8-11/h3-7H,8H2,1-2H3. The van der Waals surface area contributed by atoms with Crippen LogP contribution in [0.15, 0.2) is 36.0 Å². The third-order valence-electron chi connectivity index (χ3n) is 3.16. The van der Waals surface area contributed by atoms with Crippen molar-refractivity contribution in [2.75, 3.05) is 0 Å². The molecule has 2 aliphatic carbocycles. The van der Waals surface area contributed by atoms with Gasteiger partial charge in [-0.05, 0) is 13.3 Å². The zero-order valence-corrected chi connectivity index (χ0v) is 8.73. The van der Waals surface area contributed by atoms with Crippen molar-refractivity contribution in [1.82, 2.24) is 0 Å². The molecule has 0 fully saturated rings. The maximum atomic E-state index is 13.0. The Labute approximate surface area is 87.2 Å². The summed E-state index contributed by atoms with van der Waals surface area (Å²) >= 11 is 0. The third kappa shape index (κ3) is 1.54. The van der Waals surface area contributed by atoms with E-state index in [1.165, 1.54) is 12.2 Å². The largest absolute Gasteiger partial charge is 0.401 e. The number of fused-ring (bicyclic) bond motifs is 2. The fourth-order valence-electron chi connectivity index (χ4n) is 2.44. The molecule has 82 valence electrons. The first-order chi connectivity index (χ1) is 6.77. The summed E-state index contributed by atoms with van der Waals surface area (Å²) < 4.78 is 38.9. The van der Waals surface area contributed by atoms with E-state index in [2.05, 4.69) is 0 Å². The minimum atomic E-state index is -4.20. The molecule has 0 nitrogen and oxygen atoms in total. The Balaban J connectivity index is 2.50. The van der Waals surface area contributed by atoms with Crippen LogP contribution >= 0.6 is 0 Å². The molecule has 0 aliphatic heterocycles. The second kappa shape index (κ2) is 2.77. The fraction of sp³-hybridized carbons (Fsp3) is 0.500. The SMILES string of the molecule is CC1=CC2(C)C=CC(C(F)(F)F)(C=C1)C2. The summed E-state index contributed by atoms with van der Waals surface area (Å²) in [6, 6.07) is 0. The normalized spacial score (nSPS) is 39.1. The van der Waals surface area contributed by atoms with Gasteiger partial charge >= 0.3 is 6.18 Å². The molecular weight excluding hydrogens is 201 g/mol. The predicted octanol–water partition coefficient (Wildman–Crippen LogP) is 4.02. The van der Waals surface area contributed by atoms with E-state index in [0.29, 0.717) is 0 Å². The number of hydrogen-bond donors (Lipinski definition) is 0. The molecule has 0 saturated heterocycles. The Morgan fingerprint density at radius 1 is 1.20 bits per heavy atom. The lowest BCUT2D eigenvalue weighted by atomic mass is 9.79. The van der Waals surface area contributed by atoms with Crippen LogP contribution in [0.2, 0.25) is 0 Å². The van der Waals surface area contributed by atoms with Crippen molar-refractivity contribution in [3.8, 4) is 0 Å². The van der Waals surface area contributed by atoms with Crippen LogP contribution in [0, 0.1) is 10.8 Å². The first-order valence-electron chi connectivity index (χ1n) is 4.92. The van der Waals surface area contributed by atoms with E-state index in [1.807, 2.05) is 19.9 Å². The minimum Gasteiger partial charge on any atom is -0.170 e. The topological polar surface area (TPSA) is 0 Å². The van der Waals surface area contributed by atoms with Crippen molar-refractivity contribution < 1.29 is 13.2 Å². The first-order valence-corrected chi connectivity index (χ1v) is 4.92. The zero-order valence-electron chi connectivity index (χ0n) is 8.73. The molecule has 0 aromatic heterocycles. The van der Waals surface area contributed by atoms with Crippen molar-refractivity contribution in [1.29, 1.82) is 0 Å². The highest BCUT2D eigenvalue weighted by Gasteiger charge is 2.56. The lowest BCUT2D eigenvalue weighted by molar-refractivity contribution is -0.191. The molecule has 2 aliphatic rings. The zero-order chi connectivity index (χ0) is 11.3. The summed E-state index contributed by atoms with van der Waals surface area (Å²) in [7, 11) is 0. The summed E-state index contributed by atoms with van der Waals surface area (Å²) in [5, 5.41) is 0. The Morgan fingerprint density at radius 3 is 2.47 bits per heavy atom. The lowest BCUT2D eigenvalue weighted by Gasteiger charge is -2.29. The van der Waals surface area contributed by atoms with Gasteiger partial charge in [-0.3, -0.25) is 0 Å². The summed E-state index contributed by atoms with van der Waals surface area (Å²) in [6.07, 6.45) is 3.63. The van der Waals surface area contributed by atoms with Crippen molar-refractivity contribution >= 4 is 0 Å². The highest BCUT2D eigenvalue weighted by atomic mass is 19.4. The van der Waals surface area contributed by atoms with Gasteiger partial charge in [-0.25, -0.2) is 0 Å². The quantitative estimate of drug-likeness (QED) is 0.534. The molecule has 0 aromatic rings. The van der Waals surface area contributed by atoms with E-state index in [4.69, 9.17) is 0 Å². The van der Waals surface area contributed by atoms with Gasteiger partial charge in [-0.1, -0.05) is 42.9 Å². The van der Waals surface area contributed by atoms with Crippen LogP contribution in [-0.4, -0.2) is 6.18 Å². The Hall–Kier alpha value is -0.990. The van der Waals surface area contributed by atoms with Crippen LogP contribution in [0.4, 0.5) is 13.2 Å². The smallest absolute Gasteiger partial charge is 0.170 e. The second-order valence-electron chi connectivity index (χ2n) is 4.78. The van der Waals surface area contributed by atoms with Gasteiger partial charge in [-0.15, -0.1) is 0 Å². The van der Waals surface area contributed by atoms with E-state index in [-0.39, 0.29) is 6.42 Å². The van der Waals surface area contributed by atoms with Gasteiger partial charge in [0.05, 0.1) is 0 Å². The summed E-state index contributed by atoms with van der Waals surface area (Å²) in [6.45, 7) is 3.67. The molecule has 15 heavy (non-hydrogen) atoms. The average molecular weight is 214 g/mol. The molecule has 0 aromatic carbocycles. The lowest BCUT2D eigenvalue weighted by Crippen LogP contribution is -2.34. The van der Waals surface area contributed by atoms with Crippen LogP contribution in [0.25, 0.3) is 0 Å². The minimum absolute atomic E-state index is 0.0946. The number of halogens is 3. The molecule has 2 bridgehead atoms. The molecule has 2 unspecified atom stereocenters. The van der Waals surface area contributed by atoms with Crippen molar-refractivity contribution in [3.63, 3.8) is 0 Å². The molecule has 0 heterocycles. The van der Waals surface area contributed by atoms with Gasteiger partial charge in [0.1, 0.15) is 5.41 Å². The monoisotopic (exact) mass is 214 g/mol. The summed E-state index contributed by atoms with van der Waals surface area (Å²) in [4.78, 5) is 0. The highest BCUT2D eigenvalue weighted by molar-refractivity contribution is 5.37. The Kier molecular flexibility index (Phi) is 1.95. The van der Waals surface area contributed by atoms with Gasteiger partial charge in [-0.2, -0.15) is 13.2 Å². The Bertz CT molecular complexity index is 373. The average Bonchev–Trinajstić information content (AvgIpc) is 2.32. The van der Waals surface area contributed by atoms with Gasteiger partial charge < -0.3 is 0 Å². The molecular formula is C12H13F3. The van der Waals surface area contributed by atoms with Crippen LogP contribution in [-0.2, 0) is 0 Å². The number of allylic oxidation sites excluding steroid dienone is 6. The molecule has 0 saturated carbocycles. The number of hydrogen-bond acceptors (Lipinski definition) is 0. The first kappa shape index (κ1) is 10.5. The van der Waals surface area contributed by atoms with Crippen molar-refractivity contribution in [2.24, 2.45) is 10.8 Å². The van der Waals surface area contributed by atoms with Gasteiger partial charge in [0.25, 0.3) is 0 Å². The summed E-state index contributed by atoms with van der Waals surface area (Å²) in [5.74, 6) is 0. The van der Waals surface area contributed by atoms with Crippen LogP contribution in [0.3, 0.4) is 0 Å². The molecule has 0 N–H and O–H groups in total. The maximum Gasteiger partial charge on any atom is 0.401 e. The van der Waals surface area contributed by atoms with E-state index in [1.54, 1.807) is 12.2 Å². The molecule has 0 amide bonds. The van der Waals surface area contributed by atoms with E-state index in [0.717, 1.165) is 5.57 Å². The number of rotatable bonds is 0. The third-order valence-corrected chi connectivity index (χ3v) is 3.16. The van der Waals surface area contributed by atoms with Crippen LogP contribution in [0.5, 0.6) is 0 Å². The molecule has 0 spiro atoms. The Morgan fingerprint density at radius 2 is 1.87 bits per heavy atom. The fourth-order valence-corrected chi connectivity index (χ4v) is 2.44. The molecule has 2 rings (SSSR count). The molecule has 3 heteroatoms. The van der Waals surface area contributed by atoms with Crippen molar-refractivity contribution in [2.45, 2.75) is 26.4 Å². The number of alkyl halides is 3. The van der Waals surface area contributed by atoms with Gasteiger partial charge in [0.15, 0.2) is 0 Å². The van der Waals surface area contributed by atoms with E-state index in [9.17, 15) is 13.2 Å². The summed E-state index contributed by atoms with van der Waals surface area (Å²) in [5.41, 5.74) is -1.31. The maximum absolute atomic E-state index is 13.0. The van der Waals surface area contributed by atoms with Crippen LogP contribution in [0.1, 0.15) is 20.3 Å². The second-order valence-corrected chi connectivity index (χ2v) is 4.78. The highest BCUT2D eigenvalue weighted by Crippen LogP contribution is 2.55. The predicted molar refractivity (Wildman–Crippen MR) is 53.2 cm³/mol. The molecule has 2 atom stereocenters. The van der Waals surface area contributed by atoms with Crippen molar-refractivity contribution in [3.05, 3.63) is 36.0 Å².